The number of rotatable bonds is 46. The number of carbonyl (C=O) groups excluding carboxylic acids is 2. The lowest BCUT2D eigenvalue weighted by molar-refractivity contribution is -0.870. The van der Waals surface area contributed by atoms with Gasteiger partial charge < -0.3 is 28.5 Å². The molecular weight excluding hydrogens is 803 g/mol. The third kappa shape index (κ3) is 46.7. The number of aliphatic carboxylic acids is 1. The molecule has 0 aromatic rings. The van der Waals surface area contributed by atoms with Crippen LogP contribution in [0.2, 0.25) is 0 Å². The zero-order chi connectivity index (χ0) is 47.0. The van der Waals surface area contributed by atoms with Gasteiger partial charge in [-0.15, -0.1) is 0 Å². The maximum absolute atomic E-state index is 12.8. The Morgan fingerprint density at radius 3 is 1.33 bits per heavy atom. The van der Waals surface area contributed by atoms with Crippen LogP contribution >= 0.6 is 0 Å². The third-order valence-corrected chi connectivity index (χ3v) is 10.7. The van der Waals surface area contributed by atoms with Crippen LogP contribution in [0, 0.1) is 0 Å². The standard InChI is InChI=1S/C55H95NO8/c1-6-8-10-12-14-16-18-20-22-24-25-26-27-28-29-30-32-34-36-38-40-42-44-46-53(58)64-51(50-63-55(54(59)60)61-48-47-56(3,4)5)49-62-52(57)45-43-41-39-37-35-33-31-23-21-19-17-15-13-11-9-7-2/h8,10,14,16-17,19-20,22-23,25-26,31,51,55H,6-7,9,11-13,15,18,21,24,27-30,32-50H2,1-5H3/p+1/b10-8-,16-14-,19-17-,22-20-,26-25-,31-23-. The SMILES string of the molecule is CC/C=C\C/C=C\C/C=C\C/C=C\CCCCCCCCCCCCC(=O)OC(COC(=O)CCCCCCC/C=C\C/C=C\CCCCCC)COC(OCC[N+](C)(C)C)C(=O)O. The monoisotopic (exact) mass is 899 g/mol. The first kappa shape index (κ1) is 60.7. The van der Waals surface area contributed by atoms with Crippen molar-refractivity contribution in [3.05, 3.63) is 72.9 Å². The van der Waals surface area contributed by atoms with Gasteiger partial charge in [-0.2, -0.15) is 0 Å². The van der Waals surface area contributed by atoms with E-state index in [1.165, 1.54) is 70.6 Å². The van der Waals surface area contributed by atoms with Crippen LogP contribution in [0.15, 0.2) is 72.9 Å². The van der Waals surface area contributed by atoms with Crippen molar-refractivity contribution in [2.45, 2.75) is 212 Å². The van der Waals surface area contributed by atoms with E-state index in [0.717, 1.165) is 96.3 Å². The van der Waals surface area contributed by atoms with Gasteiger partial charge in [0.1, 0.15) is 13.2 Å². The van der Waals surface area contributed by atoms with Gasteiger partial charge in [0.05, 0.1) is 34.4 Å². The van der Waals surface area contributed by atoms with Crippen molar-refractivity contribution in [1.29, 1.82) is 0 Å². The van der Waals surface area contributed by atoms with Crippen LogP contribution in [0.1, 0.15) is 200 Å². The largest absolute Gasteiger partial charge is 0.477 e. The summed E-state index contributed by atoms with van der Waals surface area (Å²) in [5.74, 6) is -2.03. The second-order valence-electron chi connectivity index (χ2n) is 18.1. The fourth-order valence-corrected chi connectivity index (χ4v) is 6.74. The molecule has 0 fully saturated rings. The van der Waals surface area contributed by atoms with Gasteiger partial charge >= 0.3 is 17.9 Å². The molecule has 0 spiro atoms. The minimum Gasteiger partial charge on any atom is -0.477 e. The molecule has 0 aromatic heterocycles. The van der Waals surface area contributed by atoms with Crippen molar-refractivity contribution in [3.8, 4) is 0 Å². The van der Waals surface area contributed by atoms with Crippen molar-refractivity contribution in [2.75, 3.05) is 47.5 Å². The minimum atomic E-state index is -1.52. The second-order valence-corrected chi connectivity index (χ2v) is 18.1. The molecule has 64 heavy (non-hydrogen) atoms. The molecule has 0 rings (SSSR count). The molecule has 0 heterocycles. The number of ether oxygens (including phenoxy) is 4. The van der Waals surface area contributed by atoms with E-state index >= 15 is 0 Å². The molecule has 0 saturated carbocycles. The van der Waals surface area contributed by atoms with Crippen molar-refractivity contribution in [3.63, 3.8) is 0 Å². The molecule has 9 nitrogen and oxygen atoms in total. The lowest BCUT2D eigenvalue weighted by atomic mass is 10.0. The van der Waals surface area contributed by atoms with E-state index < -0.39 is 24.3 Å². The van der Waals surface area contributed by atoms with E-state index in [0.29, 0.717) is 17.4 Å². The van der Waals surface area contributed by atoms with Crippen LogP contribution in [-0.4, -0.2) is 87.4 Å². The molecule has 0 aliphatic heterocycles. The Morgan fingerprint density at radius 1 is 0.484 bits per heavy atom. The molecule has 9 heteroatoms. The topological polar surface area (TPSA) is 108 Å². The first-order valence-corrected chi connectivity index (χ1v) is 25.6. The number of nitrogens with zero attached hydrogens (tertiary/aromatic N) is 1. The zero-order valence-electron chi connectivity index (χ0n) is 41.7. The van der Waals surface area contributed by atoms with E-state index in [-0.39, 0.29) is 38.6 Å². The summed E-state index contributed by atoms with van der Waals surface area (Å²) in [7, 11) is 5.95. The summed E-state index contributed by atoms with van der Waals surface area (Å²) in [6.07, 6.45) is 55.3. The van der Waals surface area contributed by atoms with E-state index in [1.807, 2.05) is 21.1 Å². The average molecular weight is 899 g/mol. The van der Waals surface area contributed by atoms with Gasteiger partial charge in [-0.3, -0.25) is 9.59 Å². The average Bonchev–Trinajstić information content (AvgIpc) is 3.26. The van der Waals surface area contributed by atoms with Gasteiger partial charge in [-0.05, 0) is 83.5 Å². The number of likely N-dealkylation sites (N-methyl/N-ethyl adjacent to an activating group) is 1. The van der Waals surface area contributed by atoms with E-state index in [1.54, 1.807) is 0 Å². The van der Waals surface area contributed by atoms with Crippen molar-refractivity contribution < 1.29 is 42.9 Å². The Hall–Kier alpha value is -3.27. The summed E-state index contributed by atoms with van der Waals surface area (Å²) in [4.78, 5) is 37.3. The lowest BCUT2D eigenvalue weighted by Gasteiger charge is -2.25. The highest BCUT2D eigenvalue weighted by Crippen LogP contribution is 2.14. The van der Waals surface area contributed by atoms with Crippen molar-refractivity contribution in [1.82, 2.24) is 0 Å². The Balaban J connectivity index is 4.36. The summed E-state index contributed by atoms with van der Waals surface area (Å²) in [5, 5.41) is 9.67. The smallest absolute Gasteiger partial charge is 0.361 e. The van der Waals surface area contributed by atoms with E-state index in [9.17, 15) is 19.5 Å². The van der Waals surface area contributed by atoms with Crippen molar-refractivity contribution >= 4 is 17.9 Å². The Bertz CT molecular complexity index is 1280. The molecule has 1 N–H and O–H groups in total. The number of hydrogen-bond acceptors (Lipinski definition) is 7. The zero-order valence-corrected chi connectivity index (χ0v) is 41.7. The minimum absolute atomic E-state index is 0.181. The quantitative estimate of drug-likeness (QED) is 0.0212. The highest BCUT2D eigenvalue weighted by atomic mass is 16.7. The van der Waals surface area contributed by atoms with Crippen molar-refractivity contribution in [2.24, 2.45) is 0 Å². The molecule has 0 radical (unpaired) electrons. The Morgan fingerprint density at radius 2 is 0.891 bits per heavy atom. The number of quaternary nitrogens is 1. The molecule has 368 valence electrons. The van der Waals surface area contributed by atoms with Gasteiger partial charge in [0, 0.05) is 12.8 Å². The Kier molecular flexibility index (Phi) is 43.9. The number of allylic oxidation sites excluding steroid dienone is 12. The highest BCUT2D eigenvalue weighted by Gasteiger charge is 2.25. The number of carboxylic acids is 1. The molecule has 2 atom stereocenters. The summed E-state index contributed by atoms with van der Waals surface area (Å²) >= 11 is 0. The van der Waals surface area contributed by atoms with Gasteiger partial charge in [0.15, 0.2) is 6.10 Å². The van der Waals surface area contributed by atoms with Crippen LogP contribution in [0.25, 0.3) is 0 Å². The number of carboxylic acid groups (broad SMARTS) is 1. The first-order chi connectivity index (χ1) is 31.1. The summed E-state index contributed by atoms with van der Waals surface area (Å²) < 4.78 is 22.8. The third-order valence-electron chi connectivity index (χ3n) is 10.7. The van der Waals surface area contributed by atoms with E-state index in [2.05, 4.69) is 86.8 Å². The summed E-state index contributed by atoms with van der Waals surface area (Å²) in [5.41, 5.74) is 0. The van der Waals surface area contributed by atoms with Crippen LogP contribution in [0.4, 0.5) is 0 Å². The maximum Gasteiger partial charge on any atom is 0.361 e. The fourth-order valence-electron chi connectivity index (χ4n) is 6.74. The lowest BCUT2D eigenvalue weighted by Crippen LogP contribution is -2.40. The molecule has 0 saturated heterocycles. The molecule has 0 bridgehead atoms. The normalized spacial score (nSPS) is 13.5. The van der Waals surface area contributed by atoms with Gasteiger partial charge in [-0.25, -0.2) is 4.79 Å². The highest BCUT2D eigenvalue weighted by molar-refractivity contribution is 5.71. The molecule has 0 aromatic carbocycles. The van der Waals surface area contributed by atoms with Crippen LogP contribution in [-0.2, 0) is 33.3 Å². The molecule has 0 aliphatic carbocycles. The molecule has 2 unspecified atom stereocenters. The van der Waals surface area contributed by atoms with Gasteiger partial charge in [-0.1, -0.05) is 177 Å². The number of hydrogen-bond donors (Lipinski definition) is 1. The summed E-state index contributed by atoms with van der Waals surface area (Å²) in [6.45, 7) is 4.72. The molecular formula is C55H96NO8+. The predicted molar refractivity (Wildman–Crippen MR) is 267 cm³/mol. The Labute approximate surface area is 392 Å². The number of carbonyl (C=O) groups is 3. The number of unbranched alkanes of at least 4 members (excludes halogenated alkanes) is 19. The fraction of sp³-hybridized carbons (Fsp3) is 0.727. The predicted octanol–water partition coefficient (Wildman–Crippen LogP) is 14.3. The number of esters is 2. The van der Waals surface area contributed by atoms with E-state index in [4.69, 9.17) is 18.9 Å². The summed E-state index contributed by atoms with van der Waals surface area (Å²) in [6, 6.07) is 0. The first-order valence-electron chi connectivity index (χ1n) is 25.6. The molecule has 0 aliphatic rings. The second kappa shape index (κ2) is 46.3. The van der Waals surface area contributed by atoms with Gasteiger partial charge in [0.25, 0.3) is 6.29 Å². The van der Waals surface area contributed by atoms with Gasteiger partial charge in [0.2, 0.25) is 0 Å². The maximum atomic E-state index is 12.8. The molecule has 0 amide bonds. The van der Waals surface area contributed by atoms with Crippen LogP contribution in [0.3, 0.4) is 0 Å². The van der Waals surface area contributed by atoms with Crippen LogP contribution < -0.4 is 0 Å². The van der Waals surface area contributed by atoms with Crippen LogP contribution in [0.5, 0.6) is 0 Å².